The first-order valence-electron chi connectivity index (χ1n) is 9.24. The summed E-state index contributed by atoms with van der Waals surface area (Å²) in [7, 11) is 2.12. The number of rotatable bonds is 7. The summed E-state index contributed by atoms with van der Waals surface area (Å²) < 4.78 is 2.01. The Morgan fingerprint density at radius 1 is 1.19 bits per heavy atom. The second-order valence-electron chi connectivity index (χ2n) is 6.91. The van der Waals surface area contributed by atoms with Crippen LogP contribution in [-0.4, -0.2) is 69.7 Å². The van der Waals surface area contributed by atoms with Gasteiger partial charge in [0.1, 0.15) is 6.33 Å². The van der Waals surface area contributed by atoms with Gasteiger partial charge in [-0.05, 0) is 26.0 Å². The first-order chi connectivity index (χ1) is 12.6. The van der Waals surface area contributed by atoms with Crippen LogP contribution in [-0.2, 0) is 24.3 Å². The molecule has 1 aliphatic heterocycles. The van der Waals surface area contributed by atoms with Crippen LogP contribution in [0, 0.1) is 0 Å². The molecule has 7 nitrogen and oxygen atoms in total. The minimum absolute atomic E-state index is 0.0483. The van der Waals surface area contributed by atoms with Gasteiger partial charge >= 0.3 is 0 Å². The third kappa shape index (κ3) is 4.89. The molecule has 0 spiro atoms. The average molecular weight is 356 g/mol. The topological polar surface area (TPSA) is 66.3 Å². The molecule has 1 fully saturated rings. The van der Waals surface area contributed by atoms with Gasteiger partial charge in [0.25, 0.3) is 0 Å². The SMILES string of the molecule is CC(C(=O)NCc1nncn1CCc1ccccc1)N1CCN(C)CC1. The maximum absolute atomic E-state index is 12.5. The van der Waals surface area contributed by atoms with E-state index in [0.29, 0.717) is 6.54 Å². The number of nitrogens with one attached hydrogen (secondary N) is 1. The summed E-state index contributed by atoms with van der Waals surface area (Å²) in [6.07, 6.45) is 2.64. The quantitative estimate of drug-likeness (QED) is 0.794. The fourth-order valence-corrected chi connectivity index (χ4v) is 3.19. The molecule has 1 aliphatic rings. The zero-order valence-corrected chi connectivity index (χ0v) is 15.6. The highest BCUT2D eigenvalue weighted by molar-refractivity contribution is 5.81. The Kier molecular flexibility index (Phi) is 6.35. The van der Waals surface area contributed by atoms with Gasteiger partial charge in [-0.2, -0.15) is 0 Å². The maximum Gasteiger partial charge on any atom is 0.237 e. The summed E-state index contributed by atoms with van der Waals surface area (Å²) >= 11 is 0. The van der Waals surface area contributed by atoms with E-state index in [-0.39, 0.29) is 11.9 Å². The Balaban J connectivity index is 1.48. The van der Waals surface area contributed by atoms with Crippen LogP contribution in [0.4, 0.5) is 0 Å². The van der Waals surface area contributed by atoms with E-state index in [2.05, 4.69) is 44.5 Å². The zero-order chi connectivity index (χ0) is 18.4. The summed E-state index contributed by atoms with van der Waals surface area (Å²) in [5.74, 6) is 0.840. The second kappa shape index (κ2) is 8.91. The van der Waals surface area contributed by atoms with Crippen molar-refractivity contribution in [3.8, 4) is 0 Å². The number of hydrogen-bond acceptors (Lipinski definition) is 5. The second-order valence-corrected chi connectivity index (χ2v) is 6.91. The highest BCUT2D eigenvalue weighted by atomic mass is 16.2. The lowest BCUT2D eigenvalue weighted by molar-refractivity contribution is -0.126. The predicted molar refractivity (Wildman–Crippen MR) is 101 cm³/mol. The van der Waals surface area contributed by atoms with E-state index in [1.807, 2.05) is 29.7 Å². The molecule has 2 aromatic rings. The minimum atomic E-state index is -0.121. The smallest absolute Gasteiger partial charge is 0.237 e. The van der Waals surface area contributed by atoms with Crippen LogP contribution in [0.15, 0.2) is 36.7 Å². The molecule has 1 aromatic carbocycles. The summed E-state index contributed by atoms with van der Waals surface area (Å²) in [6, 6.07) is 10.2. The number of aryl methyl sites for hydroxylation is 2. The standard InChI is InChI=1S/C19H28N6O/c1-16(24-12-10-23(2)11-13-24)19(26)20-14-18-22-21-15-25(18)9-8-17-6-4-3-5-7-17/h3-7,15-16H,8-14H2,1-2H3,(H,20,26). The van der Waals surface area contributed by atoms with Crippen molar-refractivity contribution in [3.05, 3.63) is 48.0 Å². The summed E-state index contributed by atoms with van der Waals surface area (Å²) in [5, 5.41) is 11.2. The highest BCUT2D eigenvalue weighted by Crippen LogP contribution is 2.06. The molecule has 140 valence electrons. The molecule has 1 atom stereocenters. The van der Waals surface area contributed by atoms with Gasteiger partial charge in [0.15, 0.2) is 5.82 Å². The number of likely N-dealkylation sites (N-methyl/N-ethyl adjacent to an activating group) is 1. The summed E-state index contributed by atoms with van der Waals surface area (Å²) in [5.41, 5.74) is 1.28. The zero-order valence-electron chi connectivity index (χ0n) is 15.6. The minimum Gasteiger partial charge on any atom is -0.347 e. The Hall–Kier alpha value is -2.25. The van der Waals surface area contributed by atoms with Gasteiger partial charge < -0.3 is 14.8 Å². The molecular formula is C19H28N6O. The lowest BCUT2D eigenvalue weighted by Crippen LogP contribution is -2.52. The van der Waals surface area contributed by atoms with E-state index in [1.165, 1.54) is 5.56 Å². The summed E-state index contributed by atoms with van der Waals surface area (Å²) in [4.78, 5) is 17.0. The molecule has 1 N–H and O–H groups in total. The van der Waals surface area contributed by atoms with E-state index in [0.717, 1.165) is 45.0 Å². The molecule has 0 bridgehead atoms. The third-order valence-corrected chi connectivity index (χ3v) is 5.07. The monoisotopic (exact) mass is 356 g/mol. The van der Waals surface area contributed by atoms with Crippen molar-refractivity contribution >= 4 is 5.91 Å². The normalized spacial score (nSPS) is 17.2. The maximum atomic E-state index is 12.5. The molecule has 26 heavy (non-hydrogen) atoms. The average Bonchev–Trinajstić information content (AvgIpc) is 3.12. The number of carbonyl (C=O) groups is 1. The number of nitrogens with zero attached hydrogens (tertiary/aromatic N) is 5. The van der Waals surface area contributed by atoms with Crippen LogP contribution in [0.5, 0.6) is 0 Å². The van der Waals surface area contributed by atoms with Gasteiger partial charge in [0, 0.05) is 32.7 Å². The molecule has 1 aromatic heterocycles. The number of aromatic nitrogens is 3. The largest absolute Gasteiger partial charge is 0.347 e. The van der Waals surface area contributed by atoms with Crippen LogP contribution in [0.2, 0.25) is 0 Å². The predicted octanol–water partition coefficient (Wildman–Crippen LogP) is 0.773. The lowest BCUT2D eigenvalue weighted by atomic mass is 10.1. The van der Waals surface area contributed by atoms with Gasteiger partial charge in [-0.3, -0.25) is 9.69 Å². The summed E-state index contributed by atoms with van der Waals surface area (Å²) in [6.45, 7) is 7.05. The Labute approximate surface area is 155 Å². The van der Waals surface area contributed by atoms with E-state index >= 15 is 0 Å². The highest BCUT2D eigenvalue weighted by Gasteiger charge is 2.24. The van der Waals surface area contributed by atoms with Crippen LogP contribution in [0.1, 0.15) is 18.3 Å². The van der Waals surface area contributed by atoms with E-state index in [1.54, 1.807) is 6.33 Å². The van der Waals surface area contributed by atoms with Gasteiger partial charge in [0.2, 0.25) is 5.91 Å². The van der Waals surface area contributed by atoms with Gasteiger partial charge in [-0.15, -0.1) is 10.2 Å². The Morgan fingerprint density at radius 3 is 2.65 bits per heavy atom. The van der Waals surface area contributed by atoms with Gasteiger partial charge in [0.05, 0.1) is 12.6 Å². The van der Waals surface area contributed by atoms with E-state index in [9.17, 15) is 4.79 Å². The molecule has 1 saturated heterocycles. The Bertz CT molecular complexity index is 693. The first kappa shape index (κ1) is 18.5. The van der Waals surface area contributed by atoms with Crippen LogP contribution in [0.3, 0.4) is 0 Å². The third-order valence-electron chi connectivity index (χ3n) is 5.07. The van der Waals surface area contributed by atoms with Crippen molar-refractivity contribution < 1.29 is 4.79 Å². The van der Waals surface area contributed by atoms with Crippen molar-refractivity contribution in [2.45, 2.75) is 32.5 Å². The number of hydrogen-bond donors (Lipinski definition) is 1. The number of amides is 1. The van der Waals surface area contributed by atoms with Crippen LogP contribution < -0.4 is 5.32 Å². The molecular weight excluding hydrogens is 328 g/mol. The van der Waals surface area contributed by atoms with Crippen molar-refractivity contribution in [3.63, 3.8) is 0 Å². The van der Waals surface area contributed by atoms with Gasteiger partial charge in [-0.1, -0.05) is 30.3 Å². The van der Waals surface area contributed by atoms with Gasteiger partial charge in [-0.25, -0.2) is 0 Å². The van der Waals surface area contributed by atoms with Crippen LogP contribution >= 0.6 is 0 Å². The van der Waals surface area contributed by atoms with E-state index < -0.39 is 0 Å². The van der Waals surface area contributed by atoms with Crippen LogP contribution in [0.25, 0.3) is 0 Å². The molecule has 3 rings (SSSR count). The van der Waals surface area contributed by atoms with Crippen molar-refractivity contribution in [2.75, 3.05) is 33.2 Å². The number of piperazine rings is 1. The molecule has 2 heterocycles. The Morgan fingerprint density at radius 2 is 1.92 bits per heavy atom. The molecule has 1 unspecified atom stereocenters. The number of benzene rings is 1. The van der Waals surface area contributed by atoms with Crippen molar-refractivity contribution in [2.24, 2.45) is 0 Å². The molecule has 0 radical (unpaired) electrons. The number of carbonyl (C=O) groups excluding carboxylic acids is 1. The van der Waals surface area contributed by atoms with E-state index in [4.69, 9.17) is 0 Å². The fraction of sp³-hybridized carbons (Fsp3) is 0.526. The van der Waals surface area contributed by atoms with Crippen molar-refractivity contribution in [1.29, 1.82) is 0 Å². The fourth-order valence-electron chi connectivity index (χ4n) is 3.19. The molecule has 1 amide bonds. The lowest BCUT2D eigenvalue weighted by Gasteiger charge is -2.35. The van der Waals surface area contributed by atoms with Crippen molar-refractivity contribution in [1.82, 2.24) is 29.9 Å². The molecule has 0 saturated carbocycles. The molecule has 0 aliphatic carbocycles. The molecule has 7 heteroatoms. The first-order valence-corrected chi connectivity index (χ1v) is 9.24.